The summed E-state index contributed by atoms with van der Waals surface area (Å²) in [4.78, 5) is 17.7. The molecule has 1 aliphatic heterocycles. The first-order chi connectivity index (χ1) is 14.2. The van der Waals surface area contributed by atoms with Crippen LogP contribution in [0.2, 0.25) is 0 Å². The van der Waals surface area contributed by atoms with E-state index >= 15 is 0 Å². The van der Waals surface area contributed by atoms with Gasteiger partial charge in [-0.2, -0.15) is 5.26 Å². The van der Waals surface area contributed by atoms with Crippen molar-refractivity contribution >= 4 is 27.5 Å². The van der Waals surface area contributed by atoms with E-state index in [1.807, 2.05) is 0 Å². The first-order valence-electron chi connectivity index (χ1n) is 8.93. The third-order valence-corrected chi connectivity index (χ3v) is 5.63. The fourth-order valence-electron chi connectivity index (χ4n) is 2.97. The SMILES string of the molecule is CC(=NCC1CN(c2ccc(-c3ccc(S(C)(=O)=O)cc3)c(F)c2)C(=O)O1)NC#N. The highest BCUT2D eigenvalue weighted by Gasteiger charge is 2.32. The molecule has 10 heteroatoms. The van der Waals surface area contributed by atoms with Gasteiger partial charge in [-0.15, -0.1) is 0 Å². The largest absolute Gasteiger partial charge is 0.442 e. The zero-order valence-corrected chi connectivity index (χ0v) is 17.1. The molecule has 1 atom stereocenters. The van der Waals surface area contributed by atoms with E-state index in [-0.39, 0.29) is 23.5 Å². The maximum absolute atomic E-state index is 14.7. The summed E-state index contributed by atoms with van der Waals surface area (Å²) in [6.07, 6.45) is 1.73. The van der Waals surface area contributed by atoms with Crippen LogP contribution < -0.4 is 10.2 Å². The van der Waals surface area contributed by atoms with E-state index in [2.05, 4.69) is 10.3 Å². The predicted molar refractivity (Wildman–Crippen MR) is 109 cm³/mol. The number of halogens is 1. The Balaban J connectivity index is 1.76. The number of ether oxygens (including phenoxy) is 1. The van der Waals surface area contributed by atoms with Gasteiger partial charge in [0.2, 0.25) is 0 Å². The Morgan fingerprint density at radius 3 is 2.63 bits per heavy atom. The number of hydrogen-bond donors (Lipinski definition) is 1. The number of carbonyl (C=O) groups is 1. The van der Waals surface area contributed by atoms with Crippen LogP contribution in [0.25, 0.3) is 11.1 Å². The van der Waals surface area contributed by atoms with E-state index < -0.39 is 27.9 Å². The smallest absolute Gasteiger partial charge is 0.414 e. The normalized spacial score (nSPS) is 16.9. The molecule has 1 saturated heterocycles. The summed E-state index contributed by atoms with van der Waals surface area (Å²) < 4.78 is 43.1. The van der Waals surface area contributed by atoms with Gasteiger partial charge in [-0.25, -0.2) is 17.6 Å². The molecule has 0 saturated carbocycles. The fourth-order valence-corrected chi connectivity index (χ4v) is 3.60. The topological polar surface area (TPSA) is 112 Å². The van der Waals surface area contributed by atoms with Gasteiger partial charge < -0.3 is 4.74 Å². The van der Waals surface area contributed by atoms with Gasteiger partial charge in [0.15, 0.2) is 16.0 Å². The molecular formula is C20H19FN4O4S. The average Bonchev–Trinajstić information content (AvgIpc) is 3.07. The third kappa shape index (κ3) is 4.75. The molecule has 0 bridgehead atoms. The molecule has 156 valence electrons. The predicted octanol–water partition coefficient (Wildman–Crippen LogP) is 2.71. The van der Waals surface area contributed by atoms with E-state index in [9.17, 15) is 17.6 Å². The second-order valence-electron chi connectivity index (χ2n) is 6.74. The highest BCUT2D eigenvalue weighted by atomic mass is 32.2. The maximum atomic E-state index is 14.7. The van der Waals surface area contributed by atoms with Crippen molar-refractivity contribution in [1.29, 1.82) is 5.26 Å². The fraction of sp³-hybridized carbons (Fsp3) is 0.250. The number of nitrogens with zero attached hydrogens (tertiary/aromatic N) is 3. The lowest BCUT2D eigenvalue weighted by molar-refractivity contribution is 0.145. The Hall–Kier alpha value is -3.45. The highest BCUT2D eigenvalue weighted by molar-refractivity contribution is 7.90. The van der Waals surface area contributed by atoms with Gasteiger partial charge >= 0.3 is 6.09 Å². The summed E-state index contributed by atoms with van der Waals surface area (Å²) >= 11 is 0. The van der Waals surface area contributed by atoms with Gasteiger partial charge in [-0.3, -0.25) is 15.2 Å². The van der Waals surface area contributed by atoms with Crippen molar-refractivity contribution in [3.63, 3.8) is 0 Å². The summed E-state index contributed by atoms with van der Waals surface area (Å²) in [6, 6.07) is 10.3. The molecule has 2 aromatic rings. The van der Waals surface area contributed by atoms with E-state index in [1.165, 1.54) is 41.3 Å². The lowest BCUT2D eigenvalue weighted by atomic mass is 10.0. The number of nitrogens with one attached hydrogen (secondary N) is 1. The number of amidine groups is 1. The maximum Gasteiger partial charge on any atom is 0.414 e. The van der Waals surface area contributed by atoms with Crippen LogP contribution in [0, 0.1) is 17.3 Å². The van der Waals surface area contributed by atoms with Crippen molar-refractivity contribution in [2.24, 2.45) is 4.99 Å². The van der Waals surface area contributed by atoms with E-state index in [0.717, 1.165) is 6.26 Å². The number of aliphatic imine (C=N–C) groups is 1. The molecule has 1 aliphatic rings. The number of rotatable bonds is 5. The molecule has 30 heavy (non-hydrogen) atoms. The molecule has 2 aromatic carbocycles. The van der Waals surface area contributed by atoms with Crippen LogP contribution in [0.1, 0.15) is 6.92 Å². The molecule has 1 N–H and O–H groups in total. The highest BCUT2D eigenvalue weighted by Crippen LogP contribution is 2.29. The molecular weight excluding hydrogens is 411 g/mol. The molecule has 0 aromatic heterocycles. The number of carbonyl (C=O) groups excluding carboxylic acids is 1. The summed E-state index contributed by atoms with van der Waals surface area (Å²) in [6.45, 7) is 1.99. The summed E-state index contributed by atoms with van der Waals surface area (Å²) in [5.74, 6) is -0.146. The Bertz CT molecular complexity index is 1140. The van der Waals surface area contributed by atoms with Crippen LogP contribution in [0.5, 0.6) is 0 Å². The van der Waals surface area contributed by atoms with Crippen molar-refractivity contribution in [3.8, 4) is 17.3 Å². The van der Waals surface area contributed by atoms with Crippen LogP contribution >= 0.6 is 0 Å². The number of sulfone groups is 1. The number of cyclic esters (lactones) is 1. The van der Waals surface area contributed by atoms with Gasteiger partial charge in [-0.05, 0) is 42.8 Å². The number of amides is 1. The molecule has 0 aliphatic carbocycles. The molecule has 0 radical (unpaired) electrons. The first-order valence-corrected chi connectivity index (χ1v) is 10.8. The first kappa shape index (κ1) is 21.3. The summed E-state index contributed by atoms with van der Waals surface area (Å²) in [5.41, 5.74) is 1.14. The Morgan fingerprint density at radius 2 is 2.03 bits per heavy atom. The molecule has 1 fully saturated rings. The summed E-state index contributed by atoms with van der Waals surface area (Å²) in [7, 11) is -3.34. The van der Waals surface area contributed by atoms with Crippen LogP contribution in [0.4, 0.5) is 14.9 Å². The second-order valence-corrected chi connectivity index (χ2v) is 8.76. The van der Waals surface area contributed by atoms with Crippen molar-refractivity contribution in [2.45, 2.75) is 17.9 Å². The van der Waals surface area contributed by atoms with Gasteiger partial charge in [0, 0.05) is 11.8 Å². The van der Waals surface area contributed by atoms with E-state index in [1.54, 1.807) is 19.2 Å². The molecule has 8 nitrogen and oxygen atoms in total. The van der Waals surface area contributed by atoms with E-state index in [0.29, 0.717) is 17.1 Å². The summed E-state index contributed by atoms with van der Waals surface area (Å²) in [5, 5.41) is 10.9. The molecule has 0 spiro atoms. The van der Waals surface area contributed by atoms with Crippen LogP contribution in [0.15, 0.2) is 52.4 Å². The third-order valence-electron chi connectivity index (χ3n) is 4.50. The number of hydrogen-bond acceptors (Lipinski definition) is 6. The number of nitriles is 1. The zero-order chi connectivity index (χ0) is 21.9. The van der Waals surface area contributed by atoms with Crippen LogP contribution in [-0.4, -0.2) is 45.8 Å². The Labute approximate surface area is 173 Å². The van der Waals surface area contributed by atoms with E-state index in [4.69, 9.17) is 10.00 Å². The second kappa shape index (κ2) is 8.51. The standard InChI is InChI=1S/C20H19FN4O4S/c1-13(24-12-22)23-10-16-11-25(20(26)29-16)15-5-8-18(19(21)9-15)14-3-6-17(7-4-14)30(2,27)28/h3-9,16H,10-11H2,1-2H3,(H,23,24). The minimum Gasteiger partial charge on any atom is -0.442 e. The molecule has 1 heterocycles. The van der Waals surface area contributed by atoms with Crippen molar-refractivity contribution in [2.75, 3.05) is 24.2 Å². The zero-order valence-electron chi connectivity index (χ0n) is 16.3. The molecule has 1 unspecified atom stereocenters. The number of benzene rings is 2. The lowest BCUT2D eigenvalue weighted by Crippen LogP contribution is -2.25. The van der Waals surface area contributed by atoms with Gasteiger partial charge in [0.05, 0.1) is 23.7 Å². The molecule has 1 amide bonds. The average molecular weight is 430 g/mol. The van der Waals surface area contributed by atoms with Crippen molar-refractivity contribution in [3.05, 3.63) is 48.3 Å². The van der Waals surface area contributed by atoms with Gasteiger partial charge in [0.1, 0.15) is 17.8 Å². The molecule has 3 rings (SSSR count). The Kier molecular flexibility index (Phi) is 6.03. The minimum absolute atomic E-state index is 0.150. The Morgan fingerprint density at radius 1 is 1.33 bits per heavy atom. The lowest BCUT2D eigenvalue weighted by Gasteiger charge is -2.14. The quantitative estimate of drug-likeness (QED) is 0.338. The van der Waals surface area contributed by atoms with Crippen LogP contribution in [0.3, 0.4) is 0 Å². The van der Waals surface area contributed by atoms with Crippen molar-refractivity contribution in [1.82, 2.24) is 5.32 Å². The number of anilines is 1. The van der Waals surface area contributed by atoms with Gasteiger partial charge in [-0.1, -0.05) is 12.1 Å². The van der Waals surface area contributed by atoms with Crippen LogP contribution in [-0.2, 0) is 14.6 Å². The van der Waals surface area contributed by atoms with Gasteiger partial charge in [0.25, 0.3) is 0 Å². The van der Waals surface area contributed by atoms with Crippen molar-refractivity contribution < 1.29 is 22.3 Å². The minimum atomic E-state index is -3.34. The monoisotopic (exact) mass is 430 g/mol.